The van der Waals surface area contributed by atoms with Crippen molar-refractivity contribution < 1.29 is 19.4 Å². The van der Waals surface area contributed by atoms with Gasteiger partial charge in [-0.05, 0) is 59.4 Å². The van der Waals surface area contributed by atoms with Crippen molar-refractivity contribution in [1.29, 1.82) is 0 Å². The van der Waals surface area contributed by atoms with E-state index in [2.05, 4.69) is 0 Å². The van der Waals surface area contributed by atoms with E-state index in [4.69, 9.17) is 32.7 Å². The van der Waals surface area contributed by atoms with Crippen LogP contribution < -0.4 is 4.74 Å². The molecule has 1 aliphatic carbocycles. The van der Waals surface area contributed by atoms with Gasteiger partial charge in [0, 0.05) is 0 Å². The van der Waals surface area contributed by atoms with E-state index in [0.29, 0.717) is 11.5 Å². The summed E-state index contributed by atoms with van der Waals surface area (Å²) in [4.78, 5) is 12.4. The van der Waals surface area contributed by atoms with E-state index in [0.717, 1.165) is 5.56 Å². The summed E-state index contributed by atoms with van der Waals surface area (Å²) >= 11 is 11.4. The van der Waals surface area contributed by atoms with Gasteiger partial charge < -0.3 is 14.6 Å². The highest BCUT2D eigenvalue weighted by molar-refractivity contribution is 6.55. The quantitative estimate of drug-likeness (QED) is 0.614. The van der Waals surface area contributed by atoms with Gasteiger partial charge in [0.05, 0.1) is 5.92 Å². The Balaban J connectivity index is 1.59. The number of ether oxygens (including phenoxy) is 2. The maximum atomic E-state index is 12.4. The van der Waals surface area contributed by atoms with Gasteiger partial charge in [-0.3, -0.25) is 4.79 Å². The third-order valence-corrected chi connectivity index (χ3v) is 5.07. The number of hydrogen-bond acceptors (Lipinski definition) is 4. The van der Waals surface area contributed by atoms with Crippen molar-refractivity contribution in [2.45, 2.75) is 20.5 Å². The molecule has 6 heteroatoms. The molecule has 3 rings (SSSR count). The number of phenolic OH excluding ortho intramolecular Hbond substituents is 1. The SMILES string of the molecule is CC1(C)C(C=C(Cl)Cl)C1C(=O)OCc1cccc(Oc2ccc(O)cc2)c1. The molecule has 2 atom stereocenters. The Bertz CT molecular complexity index is 855. The molecule has 0 aliphatic heterocycles. The van der Waals surface area contributed by atoms with Gasteiger partial charge in [-0.25, -0.2) is 0 Å². The fourth-order valence-electron chi connectivity index (χ4n) is 3.17. The number of halogens is 2. The summed E-state index contributed by atoms with van der Waals surface area (Å²) in [6.45, 7) is 4.13. The molecule has 1 aliphatic rings. The molecule has 0 radical (unpaired) electrons. The fraction of sp³-hybridized carbons (Fsp3) is 0.286. The maximum Gasteiger partial charge on any atom is 0.310 e. The Morgan fingerprint density at radius 2 is 1.85 bits per heavy atom. The smallest absolute Gasteiger partial charge is 0.310 e. The van der Waals surface area contributed by atoms with E-state index in [9.17, 15) is 9.90 Å². The predicted molar refractivity (Wildman–Crippen MR) is 105 cm³/mol. The average molecular weight is 407 g/mol. The van der Waals surface area contributed by atoms with Crippen LogP contribution in [0.3, 0.4) is 0 Å². The van der Waals surface area contributed by atoms with Gasteiger partial charge in [-0.2, -0.15) is 0 Å². The molecule has 0 saturated heterocycles. The molecular formula is C21H20Cl2O4. The summed E-state index contributed by atoms with van der Waals surface area (Å²) in [7, 11) is 0. The van der Waals surface area contributed by atoms with E-state index in [-0.39, 0.29) is 40.1 Å². The molecule has 2 unspecified atom stereocenters. The van der Waals surface area contributed by atoms with Crippen LogP contribution in [0.2, 0.25) is 0 Å². The topological polar surface area (TPSA) is 55.8 Å². The zero-order valence-corrected chi connectivity index (χ0v) is 16.5. The first-order chi connectivity index (χ1) is 12.8. The van der Waals surface area contributed by atoms with Gasteiger partial charge in [-0.15, -0.1) is 0 Å². The third-order valence-electron chi connectivity index (χ3n) is 4.82. The number of esters is 1. The predicted octanol–water partition coefficient (Wildman–Crippen LogP) is 5.82. The Kier molecular flexibility index (Phi) is 5.68. The molecule has 4 nitrogen and oxygen atoms in total. The normalized spacial score (nSPS) is 19.9. The molecule has 0 heterocycles. The number of benzene rings is 2. The monoisotopic (exact) mass is 406 g/mol. The van der Waals surface area contributed by atoms with E-state index in [1.165, 1.54) is 0 Å². The molecular weight excluding hydrogens is 387 g/mol. The van der Waals surface area contributed by atoms with Gasteiger partial charge in [0.15, 0.2) is 0 Å². The highest BCUT2D eigenvalue weighted by Crippen LogP contribution is 2.60. The van der Waals surface area contributed by atoms with E-state index in [1.54, 1.807) is 30.3 Å². The van der Waals surface area contributed by atoms with Crippen LogP contribution in [0.4, 0.5) is 0 Å². The molecule has 0 aromatic heterocycles. The van der Waals surface area contributed by atoms with Crippen LogP contribution in [0.15, 0.2) is 59.1 Å². The molecule has 0 amide bonds. The van der Waals surface area contributed by atoms with Crippen molar-refractivity contribution >= 4 is 29.2 Å². The largest absolute Gasteiger partial charge is 0.508 e. The Labute approximate surface area is 168 Å². The van der Waals surface area contributed by atoms with Crippen molar-refractivity contribution in [2.24, 2.45) is 17.3 Å². The minimum Gasteiger partial charge on any atom is -0.508 e. The van der Waals surface area contributed by atoms with Crippen molar-refractivity contribution in [1.82, 2.24) is 0 Å². The molecule has 27 heavy (non-hydrogen) atoms. The number of rotatable bonds is 6. The molecule has 0 spiro atoms. The highest BCUT2D eigenvalue weighted by atomic mass is 35.5. The lowest BCUT2D eigenvalue weighted by Gasteiger charge is -2.09. The van der Waals surface area contributed by atoms with Crippen LogP contribution in [-0.2, 0) is 16.1 Å². The molecule has 142 valence electrons. The fourth-order valence-corrected chi connectivity index (χ4v) is 3.44. The van der Waals surface area contributed by atoms with Gasteiger partial charge in [-0.1, -0.05) is 49.2 Å². The molecule has 2 aromatic carbocycles. The second-order valence-corrected chi connectivity index (χ2v) is 8.14. The minimum atomic E-state index is -0.263. The summed E-state index contributed by atoms with van der Waals surface area (Å²) in [5, 5.41) is 9.32. The zero-order chi connectivity index (χ0) is 19.6. The van der Waals surface area contributed by atoms with Crippen LogP contribution in [0.5, 0.6) is 17.2 Å². The Hall–Kier alpha value is -2.17. The second-order valence-electron chi connectivity index (χ2n) is 7.13. The van der Waals surface area contributed by atoms with E-state index in [1.807, 2.05) is 38.1 Å². The summed E-state index contributed by atoms with van der Waals surface area (Å²) < 4.78 is 11.4. The summed E-state index contributed by atoms with van der Waals surface area (Å²) in [5.41, 5.74) is 0.608. The standard InChI is InChI=1S/C21H20Cl2O4/c1-21(2)17(11-18(22)23)19(21)20(25)26-12-13-4-3-5-16(10-13)27-15-8-6-14(24)7-9-15/h3-11,17,19,24H,12H2,1-2H3. The summed E-state index contributed by atoms with van der Waals surface area (Å²) in [6, 6.07) is 13.8. The first-order valence-electron chi connectivity index (χ1n) is 8.52. The molecule has 1 saturated carbocycles. The first-order valence-corrected chi connectivity index (χ1v) is 9.28. The van der Waals surface area contributed by atoms with Crippen LogP contribution in [0, 0.1) is 17.3 Å². The van der Waals surface area contributed by atoms with Crippen molar-refractivity contribution in [3.63, 3.8) is 0 Å². The molecule has 1 N–H and O–H groups in total. The first kappa shape index (κ1) is 19.6. The Morgan fingerprint density at radius 1 is 1.15 bits per heavy atom. The third kappa shape index (κ3) is 4.76. The second kappa shape index (κ2) is 7.83. The van der Waals surface area contributed by atoms with E-state index >= 15 is 0 Å². The highest BCUT2D eigenvalue weighted by Gasteiger charge is 2.61. The van der Waals surface area contributed by atoms with Crippen LogP contribution in [0.25, 0.3) is 0 Å². The van der Waals surface area contributed by atoms with Gasteiger partial charge in [0.1, 0.15) is 28.3 Å². The van der Waals surface area contributed by atoms with Crippen LogP contribution in [0.1, 0.15) is 19.4 Å². The average Bonchev–Trinajstić information content (AvgIpc) is 3.14. The Morgan fingerprint density at radius 3 is 2.52 bits per heavy atom. The lowest BCUT2D eigenvalue weighted by atomic mass is 10.1. The van der Waals surface area contributed by atoms with E-state index < -0.39 is 0 Å². The number of carbonyl (C=O) groups is 1. The van der Waals surface area contributed by atoms with Crippen molar-refractivity contribution in [3.05, 3.63) is 64.7 Å². The molecule has 1 fully saturated rings. The molecule has 0 bridgehead atoms. The summed E-state index contributed by atoms with van der Waals surface area (Å²) in [6.07, 6.45) is 1.70. The number of carbonyl (C=O) groups excluding carboxylic acids is 1. The number of aromatic hydroxyl groups is 1. The minimum absolute atomic E-state index is 0.0147. The lowest BCUT2D eigenvalue weighted by Crippen LogP contribution is -2.10. The van der Waals surface area contributed by atoms with Gasteiger partial charge in [0.2, 0.25) is 0 Å². The molecule has 2 aromatic rings. The number of hydrogen-bond donors (Lipinski definition) is 1. The number of phenols is 1. The zero-order valence-electron chi connectivity index (χ0n) is 15.0. The van der Waals surface area contributed by atoms with Crippen molar-refractivity contribution in [2.75, 3.05) is 0 Å². The maximum absolute atomic E-state index is 12.4. The van der Waals surface area contributed by atoms with Gasteiger partial charge >= 0.3 is 5.97 Å². The summed E-state index contributed by atoms with van der Waals surface area (Å²) in [5.74, 6) is 0.876. The van der Waals surface area contributed by atoms with Gasteiger partial charge in [0.25, 0.3) is 0 Å². The number of allylic oxidation sites excluding steroid dienone is 1. The van der Waals surface area contributed by atoms with Crippen molar-refractivity contribution in [3.8, 4) is 17.2 Å². The lowest BCUT2D eigenvalue weighted by molar-refractivity contribution is -0.147. The van der Waals surface area contributed by atoms with Crippen LogP contribution >= 0.6 is 23.2 Å². The van der Waals surface area contributed by atoms with Crippen LogP contribution in [-0.4, -0.2) is 11.1 Å².